The van der Waals surface area contributed by atoms with Crippen molar-refractivity contribution >= 4 is 21.5 Å². The number of aliphatic hydroxyl groups is 1. The lowest BCUT2D eigenvalue weighted by Gasteiger charge is -2.37. The lowest BCUT2D eigenvalue weighted by Crippen LogP contribution is -2.50. The van der Waals surface area contributed by atoms with Gasteiger partial charge in [-0.1, -0.05) is 26.0 Å². The van der Waals surface area contributed by atoms with E-state index in [-0.39, 0.29) is 36.0 Å². The molecule has 8 heteroatoms. The summed E-state index contributed by atoms with van der Waals surface area (Å²) >= 11 is 0. The Morgan fingerprint density at radius 2 is 2.09 bits per heavy atom. The zero-order valence-corrected chi connectivity index (χ0v) is 20.4. The number of likely N-dealkylation sites (N-methyl/N-ethyl adjacent to an activating group) is 1. The number of benzene rings is 1. The molecular weight excluding hydrogens is 428 g/mol. The van der Waals surface area contributed by atoms with E-state index in [4.69, 9.17) is 4.74 Å². The number of sulfonamides is 1. The van der Waals surface area contributed by atoms with E-state index in [1.165, 1.54) is 16.3 Å². The van der Waals surface area contributed by atoms with E-state index in [1.807, 2.05) is 26.0 Å². The number of fused-ring (bicyclic) bond motifs is 1. The highest BCUT2D eigenvalue weighted by atomic mass is 32.2. The van der Waals surface area contributed by atoms with Crippen LogP contribution < -0.4 is 4.74 Å². The number of hydrogen-bond acceptors (Lipinski definition) is 5. The molecule has 0 fully saturated rings. The Kier molecular flexibility index (Phi) is 8.01. The minimum Gasteiger partial charge on any atom is -0.487 e. The number of ether oxygens (including phenoxy) is 1. The number of nitrogens with zero attached hydrogens (tertiary/aromatic N) is 2. The summed E-state index contributed by atoms with van der Waals surface area (Å²) in [5.41, 5.74) is 2.19. The first-order valence-corrected chi connectivity index (χ1v) is 13.0. The molecule has 0 bridgehead atoms. The summed E-state index contributed by atoms with van der Waals surface area (Å²) in [7, 11) is -2.11. The van der Waals surface area contributed by atoms with Gasteiger partial charge in [0.15, 0.2) is 0 Å². The smallest absolute Gasteiger partial charge is 0.247 e. The SMILES string of the molecule is CCC(=O)N(C)C[C@H]1Oc2cc(C3=CCCCC3)ccc2S(=O)(=O)N([C@@H](C)CO)C[C@H]1C. The first kappa shape index (κ1) is 24.7. The van der Waals surface area contributed by atoms with Crippen LogP contribution in [0.1, 0.15) is 58.4 Å². The maximum Gasteiger partial charge on any atom is 0.247 e. The average molecular weight is 465 g/mol. The van der Waals surface area contributed by atoms with Crippen LogP contribution >= 0.6 is 0 Å². The van der Waals surface area contributed by atoms with Gasteiger partial charge in [0.25, 0.3) is 0 Å². The predicted molar refractivity (Wildman–Crippen MR) is 125 cm³/mol. The van der Waals surface area contributed by atoms with Gasteiger partial charge in [-0.05, 0) is 55.9 Å². The highest BCUT2D eigenvalue weighted by Crippen LogP contribution is 2.37. The largest absolute Gasteiger partial charge is 0.487 e. The quantitative estimate of drug-likeness (QED) is 0.698. The number of carbonyl (C=O) groups excluding carboxylic acids is 1. The molecule has 3 rings (SSSR count). The molecule has 0 saturated heterocycles. The van der Waals surface area contributed by atoms with Gasteiger partial charge in [0.1, 0.15) is 16.7 Å². The van der Waals surface area contributed by atoms with Gasteiger partial charge in [-0.25, -0.2) is 8.42 Å². The number of amides is 1. The summed E-state index contributed by atoms with van der Waals surface area (Å²) in [5.74, 6) is 0.145. The average Bonchev–Trinajstić information content (AvgIpc) is 2.80. The van der Waals surface area contributed by atoms with Crippen LogP contribution in [0.3, 0.4) is 0 Å². The van der Waals surface area contributed by atoms with E-state index in [2.05, 4.69) is 6.08 Å². The minimum absolute atomic E-state index is 0.0115. The monoisotopic (exact) mass is 464 g/mol. The van der Waals surface area contributed by atoms with Gasteiger partial charge in [0.2, 0.25) is 15.9 Å². The van der Waals surface area contributed by atoms with Gasteiger partial charge in [-0.2, -0.15) is 4.31 Å². The van der Waals surface area contributed by atoms with Crippen molar-refractivity contribution in [1.82, 2.24) is 9.21 Å². The van der Waals surface area contributed by atoms with Crippen LogP contribution in [0.2, 0.25) is 0 Å². The zero-order chi connectivity index (χ0) is 23.5. The molecule has 178 valence electrons. The van der Waals surface area contributed by atoms with E-state index in [1.54, 1.807) is 24.9 Å². The van der Waals surface area contributed by atoms with Crippen molar-refractivity contribution in [2.75, 3.05) is 26.7 Å². The predicted octanol–water partition coefficient (Wildman–Crippen LogP) is 3.28. The molecule has 1 aliphatic heterocycles. The number of aliphatic hydroxyl groups excluding tert-OH is 1. The highest BCUT2D eigenvalue weighted by molar-refractivity contribution is 7.89. The molecule has 1 aliphatic carbocycles. The molecular formula is C24H36N2O5S. The third-order valence-electron chi connectivity index (χ3n) is 6.51. The maximum absolute atomic E-state index is 13.5. The molecule has 0 aromatic heterocycles. The van der Waals surface area contributed by atoms with Crippen molar-refractivity contribution in [3.05, 3.63) is 29.8 Å². The topological polar surface area (TPSA) is 87.2 Å². The summed E-state index contributed by atoms with van der Waals surface area (Å²) in [6, 6.07) is 4.74. The molecule has 0 radical (unpaired) electrons. The van der Waals surface area contributed by atoms with Crippen LogP contribution in [-0.4, -0.2) is 67.5 Å². The fraction of sp³-hybridized carbons (Fsp3) is 0.625. The van der Waals surface area contributed by atoms with E-state index in [9.17, 15) is 18.3 Å². The molecule has 0 unspecified atom stereocenters. The third-order valence-corrected chi connectivity index (χ3v) is 8.53. The second kappa shape index (κ2) is 10.4. The number of carbonyl (C=O) groups is 1. The minimum atomic E-state index is -3.86. The van der Waals surface area contributed by atoms with Crippen molar-refractivity contribution in [1.29, 1.82) is 0 Å². The molecule has 1 aromatic rings. The van der Waals surface area contributed by atoms with Crippen molar-refractivity contribution < 1.29 is 23.1 Å². The van der Waals surface area contributed by atoms with Crippen LogP contribution in [0.5, 0.6) is 5.75 Å². The summed E-state index contributed by atoms with van der Waals surface area (Å²) in [5, 5.41) is 9.75. The van der Waals surface area contributed by atoms with Crippen LogP contribution in [0.15, 0.2) is 29.2 Å². The summed E-state index contributed by atoms with van der Waals surface area (Å²) in [6.45, 7) is 5.75. The van der Waals surface area contributed by atoms with Crippen LogP contribution in [0.25, 0.3) is 5.57 Å². The number of allylic oxidation sites excluding steroid dienone is 2. The van der Waals surface area contributed by atoms with Gasteiger partial charge in [-0.15, -0.1) is 0 Å². The van der Waals surface area contributed by atoms with E-state index in [0.29, 0.717) is 18.7 Å². The summed E-state index contributed by atoms with van der Waals surface area (Å²) < 4.78 is 34.8. The fourth-order valence-corrected chi connectivity index (χ4v) is 6.21. The second-order valence-electron chi connectivity index (χ2n) is 9.00. The van der Waals surface area contributed by atoms with Gasteiger partial charge in [0, 0.05) is 32.0 Å². The van der Waals surface area contributed by atoms with E-state index < -0.39 is 16.1 Å². The molecule has 1 amide bonds. The Labute approximate surface area is 192 Å². The Bertz CT molecular complexity index is 959. The molecule has 0 spiro atoms. The normalized spacial score (nSPS) is 24.3. The van der Waals surface area contributed by atoms with Gasteiger partial charge in [0.05, 0.1) is 13.2 Å². The summed E-state index contributed by atoms with van der Waals surface area (Å²) in [4.78, 5) is 14.0. The number of rotatable bonds is 6. The first-order chi connectivity index (χ1) is 15.2. The van der Waals surface area contributed by atoms with Gasteiger partial charge >= 0.3 is 0 Å². The molecule has 3 atom stereocenters. The second-order valence-corrected chi connectivity index (χ2v) is 10.9. The lowest BCUT2D eigenvalue weighted by molar-refractivity contribution is -0.131. The van der Waals surface area contributed by atoms with Gasteiger partial charge < -0.3 is 14.7 Å². The molecule has 2 aliphatic rings. The Hall–Kier alpha value is -1.90. The van der Waals surface area contributed by atoms with E-state index in [0.717, 1.165) is 24.8 Å². The molecule has 32 heavy (non-hydrogen) atoms. The van der Waals surface area contributed by atoms with Crippen molar-refractivity contribution in [2.24, 2.45) is 5.92 Å². The van der Waals surface area contributed by atoms with Crippen LogP contribution in [-0.2, 0) is 14.8 Å². The van der Waals surface area contributed by atoms with Crippen molar-refractivity contribution in [3.63, 3.8) is 0 Å². The van der Waals surface area contributed by atoms with Crippen LogP contribution in [0, 0.1) is 5.92 Å². The Morgan fingerprint density at radius 1 is 1.34 bits per heavy atom. The highest BCUT2D eigenvalue weighted by Gasteiger charge is 2.38. The molecule has 1 N–H and O–H groups in total. The third kappa shape index (κ3) is 5.18. The molecule has 7 nitrogen and oxygen atoms in total. The van der Waals surface area contributed by atoms with Crippen LogP contribution in [0.4, 0.5) is 0 Å². The van der Waals surface area contributed by atoms with E-state index >= 15 is 0 Å². The Morgan fingerprint density at radius 3 is 2.72 bits per heavy atom. The zero-order valence-electron chi connectivity index (χ0n) is 19.6. The maximum atomic E-state index is 13.5. The lowest BCUT2D eigenvalue weighted by atomic mass is 9.93. The van der Waals surface area contributed by atoms with Crippen molar-refractivity contribution in [2.45, 2.75) is 69.9 Å². The molecule has 0 saturated carbocycles. The summed E-state index contributed by atoms with van der Waals surface area (Å²) in [6.07, 6.45) is 6.52. The molecule has 1 aromatic carbocycles. The molecule has 1 heterocycles. The number of hydrogen-bond donors (Lipinski definition) is 1. The van der Waals surface area contributed by atoms with Gasteiger partial charge in [-0.3, -0.25) is 4.79 Å². The fourth-order valence-electron chi connectivity index (χ4n) is 4.39. The van der Waals surface area contributed by atoms with Crippen molar-refractivity contribution in [3.8, 4) is 5.75 Å². The Balaban J connectivity index is 2.07. The first-order valence-electron chi connectivity index (χ1n) is 11.6. The standard InChI is InChI=1S/C24H36N2O5S/c1-5-24(28)25(4)15-22-17(2)14-26(18(3)16-27)32(29,30)23-12-11-20(13-21(23)31-22)19-9-7-6-8-10-19/h9,11-13,17-18,22,27H,5-8,10,14-16H2,1-4H3/t17-,18+,22-/m1/s1.